The smallest absolute Gasteiger partial charge is 0.327 e. The maximum atomic E-state index is 10.1. The summed E-state index contributed by atoms with van der Waals surface area (Å²) in [7, 11) is 0. The van der Waals surface area contributed by atoms with E-state index in [-0.39, 0.29) is 6.10 Å². The lowest BCUT2D eigenvalue weighted by Gasteiger charge is -2.06. The number of carboxylic acid groups (broad SMARTS) is 1. The molecule has 2 N–H and O–H groups in total. The van der Waals surface area contributed by atoms with Crippen molar-refractivity contribution >= 4 is 5.97 Å². The molecule has 0 aliphatic rings. The van der Waals surface area contributed by atoms with Gasteiger partial charge in [0.05, 0.1) is 6.10 Å². The molecule has 0 fully saturated rings. The first-order valence-corrected chi connectivity index (χ1v) is 5.24. The lowest BCUT2D eigenvalue weighted by molar-refractivity contribution is -0.131. The number of carboxylic acids is 1. The molecule has 1 unspecified atom stereocenters. The summed E-state index contributed by atoms with van der Waals surface area (Å²) in [6.45, 7) is 2.14. The molecule has 0 spiro atoms. The lowest BCUT2D eigenvalue weighted by atomic mass is 10.1. The van der Waals surface area contributed by atoms with Crippen LogP contribution < -0.4 is 0 Å². The second-order valence-corrected chi connectivity index (χ2v) is 3.48. The van der Waals surface area contributed by atoms with E-state index >= 15 is 0 Å². The summed E-state index contributed by atoms with van der Waals surface area (Å²) in [6, 6.07) is 0. The minimum Gasteiger partial charge on any atom is -0.478 e. The summed E-state index contributed by atoms with van der Waals surface area (Å²) in [4.78, 5) is 10.1. The van der Waals surface area contributed by atoms with Crippen LogP contribution in [0.5, 0.6) is 0 Å². The quantitative estimate of drug-likeness (QED) is 0.467. The average Bonchev–Trinajstić information content (AvgIpc) is 2.12. The SMILES string of the molecule is CCCCCCC(O)C/C=C/C(=O)O. The zero-order chi connectivity index (χ0) is 10.8. The zero-order valence-corrected chi connectivity index (χ0v) is 8.78. The van der Waals surface area contributed by atoms with Gasteiger partial charge in [-0.1, -0.05) is 38.7 Å². The van der Waals surface area contributed by atoms with E-state index in [0.29, 0.717) is 6.42 Å². The number of aliphatic hydroxyl groups excluding tert-OH is 1. The van der Waals surface area contributed by atoms with Crippen molar-refractivity contribution in [2.45, 2.75) is 51.6 Å². The number of unbranched alkanes of at least 4 members (excludes halogenated alkanes) is 3. The minimum atomic E-state index is -0.955. The van der Waals surface area contributed by atoms with E-state index in [1.165, 1.54) is 18.9 Å². The van der Waals surface area contributed by atoms with Crippen LogP contribution in [0, 0.1) is 0 Å². The fourth-order valence-electron chi connectivity index (χ4n) is 1.25. The maximum absolute atomic E-state index is 10.1. The van der Waals surface area contributed by atoms with E-state index in [0.717, 1.165) is 25.3 Å². The molecule has 0 bridgehead atoms. The summed E-state index contributed by atoms with van der Waals surface area (Å²) in [6.07, 6.45) is 7.98. The molecule has 0 rings (SSSR count). The highest BCUT2D eigenvalue weighted by atomic mass is 16.4. The number of aliphatic carboxylic acids is 1. The Morgan fingerprint density at radius 2 is 2.07 bits per heavy atom. The summed E-state index contributed by atoms with van der Waals surface area (Å²) in [5, 5.41) is 17.7. The highest BCUT2D eigenvalue weighted by molar-refractivity contribution is 5.79. The van der Waals surface area contributed by atoms with Gasteiger partial charge in [-0.25, -0.2) is 4.79 Å². The van der Waals surface area contributed by atoms with Crippen molar-refractivity contribution in [3.63, 3.8) is 0 Å². The average molecular weight is 200 g/mol. The molecule has 1 atom stereocenters. The van der Waals surface area contributed by atoms with Crippen molar-refractivity contribution in [1.29, 1.82) is 0 Å². The molecule has 0 aliphatic carbocycles. The Morgan fingerprint density at radius 3 is 2.64 bits per heavy atom. The third kappa shape index (κ3) is 9.26. The molecule has 14 heavy (non-hydrogen) atoms. The second-order valence-electron chi connectivity index (χ2n) is 3.48. The van der Waals surface area contributed by atoms with Crippen LogP contribution in [0.1, 0.15) is 45.4 Å². The number of hydrogen-bond donors (Lipinski definition) is 2. The summed E-state index contributed by atoms with van der Waals surface area (Å²) in [5.41, 5.74) is 0. The molecule has 82 valence electrons. The van der Waals surface area contributed by atoms with Gasteiger partial charge in [-0.15, -0.1) is 0 Å². The Kier molecular flexibility index (Phi) is 8.24. The molecule has 0 heterocycles. The first-order chi connectivity index (χ1) is 6.66. The zero-order valence-electron chi connectivity index (χ0n) is 8.78. The Labute approximate surface area is 85.4 Å². The third-order valence-corrected chi connectivity index (χ3v) is 2.06. The third-order valence-electron chi connectivity index (χ3n) is 2.06. The van der Waals surface area contributed by atoms with Crippen LogP contribution in [0.15, 0.2) is 12.2 Å². The topological polar surface area (TPSA) is 57.5 Å². The second kappa shape index (κ2) is 8.75. The van der Waals surface area contributed by atoms with E-state index in [9.17, 15) is 9.90 Å². The minimum absolute atomic E-state index is 0.387. The molecule has 0 aromatic heterocycles. The molecule has 0 amide bonds. The Bertz CT molecular complexity index is 175. The van der Waals surface area contributed by atoms with Crippen LogP contribution in [0.3, 0.4) is 0 Å². The van der Waals surface area contributed by atoms with Gasteiger partial charge in [0.15, 0.2) is 0 Å². The number of carbonyl (C=O) groups is 1. The van der Waals surface area contributed by atoms with Gasteiger partial charge in [-0.3, -0.25) is 0 Å². The molecule has 0 saturated carbocycles. The van der Waals surface area contributed by atoms with Crippen LogP contribution in [0.4, 0.5) is 0 Å². The van der Waals surface area contributed by atoms with Crippen molar-refractivity contribution in [2.24, 2.45) is 0 Å². The summed E-state index contributed by atoms with van der Waals surface area (Å²) in [5.74, 6) is -0.955. The molecule has 3 heteroatoms. The lowest BCUT2D eigenvalue weighted by Crippen LogP contribution is -2.04. The fourth-order valence-corrected chi connectivity index (χ4v) is 1.25. The van der Waals surface area contributed by atoms with Gasteiger partial charge in [0, 0.05) is 6.08 Å². The van der Waals surface area contributed by atoms with Crippen molar-refractivity contribution in [1.82, 2.24) is 0 Å². The first kappa shape index (κ1) is 13.2. The Morgan fingerprint density at radius 1 is 1.36 bits per heavy atom. The van der Waals surface area contributed by atoms with Crippen molar-refractivity contribution in [2.75, 3.05) is 0 Å². The Hall–Kier alpha value is -0.830. The van der Waals surface area contributed by atoms with Crippen molar-refractivity contribution in [3.05, 3.63) is 12.2 Å². The highest BCUT2D eigenvalue weighted by Gasteiger charge is 2.01. The van der Waals surface area contributed by atoms with E-state index in [2.05, 4.69) is 6.92 Å². The first-order valence-electron chi connectivity index (χ1n) is 5.24. The van der Waals surface area contributed by atoms with Crippen molar-refractivity contribution < 1.29 is 15.0 Å². The monoisotopic (exact) mass is 200 g/mol. The molecule has 3 nitrogen and oxygen atoms in total. The normalized spacial score (nSPS) is 13.3. The van der Waals surface area contributed by atoms with Gasteiger partial charge in [0.2, 0.25) is 0 Å². The van der Waals surface area contributed by atoms with Crippen LogP contribution in [0.25, 0.3) is 0 Å². The summed E-state index contributed by atoms with van der Waals surface area (Å²) >= 11 is 0. The maximum Gasteiger partial charge on any atom is 0.327 e. The molecule has 0 saturated heterocycles. The number of rotatable bonds is 8. The van der Waals surface area contributed by atoms with E-state index in [4.69, 9.17) is 5.11 Å². The van der Waals surface area contributed by atoms with Crippen molar-refractivity contribution in [3.8, 4) is 0 Å². The molecule has 0 aromatic rings. The standard InChI is InChI=1S/C11H20O3/c1-2-3-4-5-7-10(12)8-6-9-11(13)14/h6,9-10,12H,2-5,7-8H2,1H3,(H,13,14)/b9-6+. The van der Waals surface area contributed by atoms with E-state index < -0.39 is 5.97 Å². The van der Waals surface area contributed by atoms with Crippen LogP contribution in [-0.2, 0) is 4.79 Å². The number of aliphatic hydroxyl groups is 1. The van der Waals surface area contributed by atoms with Gasteiger partial charge < -0.3 is 10.2 Å². The molecule has 0 aromatic carbocycles. The highest BCUT2D eigenvalue weighted by Crippen LogP contribution is 2.08. The number of hydrogen-bond acceptors (Lipinski definition) is 2. The summed E-state index contributed by atoms with van der Waals surface area (Å²) < 4.78 is 0. The van der Waals surface area contributed by atoms with Gasteiger partial charge in [-0.05, 0) is 12.8 Å². The Balaban J connectivity index is 3.36. The molecular formula is C11H20O3. The largest absolute Gasteiger partial charge is 0.478 e. The molecule has 0 radical (unpaired) electrons. The van der Waals surface area contributed by atoms with Gasteiger partial charge in [-0.2, -0.15) is 0 Å². The van der Waals surface area contributed by atoms with E-state index in [1.807, 2.05) is 0 Å². The van der Waals surface area contributed by atoms with Gasteiger partial charge in [0.25, 0.3) is 0 Å². The van der Waals surface area contributed by atoms with Gasteiger partial charge in [0.1, 0.15) is 0 Å². The van der Waals surface area contributed by atoms with E-state index in [1.54, 1.807) is 0 Å². The van der Waals surface area contributed by atoms with Crippen LogP contribution in [-0.4, -0.2) is 22.3 Å². The molecule has 0 aliphatic heterocycles. The van der Waals surface area contributed by atoms with Crippen LogP contribution in [0.2, 0.25) is 0 Å². The predicted octanol–water partition coefficient (Wildman–Crippen LogP) is 2.35. The van der Waals surface area contributed by atoms with Crippen LogP contribution >= 0.6 is 0 Å². The predicted molar refractivity (Wildman–Crippen MR) is 56.2 cm³/mol. The molecular weight excluding hydrogens is 180 g/mol. The van der Waals surface area contributed by atoms with Gasteiger partial charge >= 0.3 is 5.97 Å². The fraction of sp³-hybridized carbons (Fsp3) is 0.727.